The molecule has 0 fully saturated rings. The van der Waals surface area contributed by atoms with E-state index < -0.39 is 41.4 Å². The summed E-state index contributed by atoms with van der Waals surface area (Å²) in [6.07, 6.45) is 1.26. The number of amides is 2. The largest absolute Gasteiger partial charge is 0.496 e. The molecule has 11 heteroatoms. The highest BCUT2D eigenvalue weighted by Gasteiger charge is 2.36. The minimum absolute atomic E-state index is 0.0348. The number of imidazole rings is 1. The quantitative estimate of drug-likeness (QED) is 0.131. The molecular weight excluding hydrogens is 624 g/mol. The average molecular weight is 669 g/mol. The number of benzene rings is 3. The average Bonchev–Trinajstić information content (AvgIpc) is 3.54. The van der Waals surface area contributed by atoms with Crippen molar-refractivity contribution in [2.24, 2.45) is 11.7 Å². The SMILES string of the molecule is COc1ccc(CC(C(=O)C(Cc2c(C)cc(C(N)=O)cc2C)NC(=O)OC(C)(C)C)C(C)c2nc(-c3ccccc3)c[nH]2)cc1C(=O)O. The van der Waals surface area contributed by atoms with Gasteiger partial charge in [0, 0.05) is 35.6 Å². The smallest absolute Gasteiger partial charge is 0.408 e. The van der Waals surface area contributed by atoms with E-state index >= 15 is 0 Å². The Balaban J connectivity index is 1.80. The minimum atomic E-state index is -1.16. The number of nitrogens with one attached hydrogen (secondary N) is 2. The Morgan fingerprint density at radius 1 is 0.980 bits per heavy atom. The van der Waals surface area contributed by atoms with E-state index in [-0.39, 0.29) is 29.9 Å². The van der Waals surface area contributed by atoms with E-state index in [1.165, 1.54) is 13.2 Å². The monoisotopic (exact) mass is 668 g/mol. The Labute approximate surface area is 286 Å². The number of H-pyrrole nitrogens is 1. The first-order chi connectivity index (χ1) is 23.1. The topological polar surface area (TPSA) is 174 Å². The molecule has 4 rings (SSSR count). The molecule has 4 aromatic rings. The lowest BCUT2D eigenvalue weighted by molar-refractivity contribution is -0.125. The van der Waals surface area contributed by atoms with Crippen molar-refractivity contribution >= 4 is 23.8 Å². The van der Waals surface area contributed by atoms with Gasteiger partial charge in [-0.1, -0.05) is 43.3 Å². The number of methoxy groups -OCH3 is 1. The number of carbonyl (C=O) groups excluding carboxylic acids is 3. The van der Waals surface area contributed by atoms with Crippen molar-refractivity contribution in [2.45, 2.75) is 71.9 Å². The van der Waals surface area contributed by atoms with Crippen molar-refractivity contribution in [3.63, 3.8) is 0 Å². The Morgan fingerprint density at radius 2 is 1.63 bits per heavy atom. The second kappa shape index (κ2) is 15.2. The molecule has 0 aliphatic rings. The molecule has 0 aliphatic heterocycles. The minimum Gasteiger partial charge on any atom is -0.496 e. The number of rotatable bonds is 13. The number of aryl methyl sites for hydroxylation is 2. The lowest BCUT2D eigenvalue weighted by Crippen LogP contribution is -2.48. The van der Waals surface area contributed by atoms with Crippen LogP contribution < -0.4 is 15.8 Å². The molecule has 0 bridgehead atoms. The van der Waals surface area contributed by atoms with E-state index in [4.69, 9.17) is 20.2 Å². The van der Waals surface area contributed by atoms with Crippen LogP contribution in [0.3, 0.4) is 0 Å². The van der Waals surface area contributed by atoms with E-state index in [2.05, 4.69) is 10.3 Å². The van der Waals surface area contributed by atoms with E-state index in [0.29, 0.717) is 22.6 Å². The molecule has 2 amide bonds. The van der Waals surface area contributed by atoms with Gasteiger partial charge in [-0.2, -0.15) is 0 Å². The first-order valence-corrected chi connectivity index (χ1v) is 16.0. The van der Waals surface area contributed by atoms with Crippen molar-refractivity contribution in [3.05, 3.63) is 106 Å². The highest BCUT2D eigenvalue weighted by atomic mass is 16.6. The molecule has 0 saturated heterocycles. The normalized spacial score (nSPS) is 13.2. The van der Waals surface area contributed by atoms with Gasteiger partial charge < -0.3 is 30.6 Å². The summed E-state index contributed by atoms with van der Waals surface area (Å²) in [7, 11) is 1.39. The van der Waals surface area contributed by atoms with Crippen LogP contribution in [-0.2, 0) is 22.4 Å². The predicted molar refractivity (Wildman–Crippen MR) is 186 cm³/mol. The number of ketones is 1. The van der Waals surface area contributed by atoms with Crippen LogP contribution in [0.4, 0.5) is 4.79 Å². The van der Waals surface area contributed by atoms with Gasteiger partial charge in [0.05, 0.1) is 18.8 Å². The number of hydrogen-bond donors (Lipinski definition) is 4. The van der Waals surface area contributed by atoms with E-state index in [1.54, 1.807) is 51.2 Å². The second-order valence-electron chi connectivity index (χ2n) is 13.2. The Kier molecular flexibility index (Phi) is 11.3. The van der Waals surface area contributed by atoms with Crippen molar-refractivity contribution in [1.29, 1.82) is 0 Å². The maximum Gasteiger partial charge on any atom is 0.408 e. The molecule has 3 atom stereocenters. The van der Waals surface area contributed by atoms with Crippen LogP contribution in [0, 0.1) is 19.8 Å². The fourth-order valence-electron chi connectivity index (χ4n) is 5.94. The number of Topliss-reactive ketones (excluding diaryl/α,β-unsaturated/α-hetero) is 1. The predicted octanol–water partition coefficient (Wildman–Crippen LogP) is 6.17. The number of nitrogens with zero attached hydrogens (tertiary/aromatic N) is 1. The number of ether oxygens (including phenoxy) is 2. The Morgan fingerprint density at radius 3 is 2.20 bits per heavy atom. The molecule has 0 saturated carbocycles. The number of carboxylic acids is 1. The number of aromatic amines is 1. The van der Waals surface area contributed by atoms with Crippen LogP contribution in [0.1, 0.15) is 82.4 Å². The van der Waals surface area contributed by atoms with Crippen LogP contribution in [-0.4, -0.2) is 57.6 Å². The van der Waals surface area contributed by atoms with Crippen molar-refractivity contribution in [3.8, 4) is 17.0 Å². The van der Waals surface area contributed by atoms with Crippen molar-refractivity contribution in [1.82, 2.24) is 15.3 Å². The lowest BCUT2D eigenvalue weighted by atomic mass is 9.79. The van der Waals surface area contributed by atoms with Crippen LogP contribution in [0.2, 0.25) is 0 Å². The van der Waals surface area contributed by atoms with Gasteiger partial charge in [-0.25, -0.2) is 14.6 Å². The number of primary amides is 1. The molecule has 1 aromatic heterocycles. The first-order valence-electron chi connectivity index (χ1n) is 16.0. The maximum absolute atomic E-state index is 14.9. The molecule has 3 aromatic carbocycles. The van der Waals surface area contributed by atoms with Crippen molar-refractivity contribution < 1.29 is 33.8 Å². The third kappa shape index (κ3) is 9.13. The van der Waals surface area contributed by atoms with E-state index in [1.807, 2.05) is 51.1 Å². The van der Waals surface area contributed by atoms with Crippen molar-refractivity contribution in [2.75, 3.05) is 7.11 Å². The molecule has 0 spiro atoms. The Bertz CT molecular complexity index is 1820. The highest BCUT2D eigenvalue weighted by Crippen LogP contribution is 2.32. The first kappa shape index (κ1) is 36.4. The van der Waals surface area contributed by atoms with Gasteiger partial charge in [-0.05, 0) is 87.6 Å². The van der Waals surface area contributed by atoms with E-state index in [9.17, 15) is 24.3 Å². The fourth-order valence-corrected chi connectivity index (χ4v) is 5.94. The van der Waals surface area contributed by atoms with Crippen LogP contribution in [0.5, 0.6) is 5.75 Å². The molecule has 11 nitrogen and oxygen atoms in total. The van der Waals surface area contributed by atoms with Gasteiger partial charge in [-0.15, -0.1) is 0 Å². The summed E-state index contributed by atoms with van der Waals surface area (Å²) in [5, 5.41) is 12.7. The highest BCUT2D eigenvalue weighted by molar-refractivity contribution is 5.94. The zero-order chi connectivity index (χ0) is 36.0. The molecule has 3 unspecified atom stereocenters. The molecular formula is C38H44N4O7. The summed E-state index contributed by atoms with van der Waals surface area (Å²) >= 11 is 0. The number of nitrogens with two attached hydrogens (primary N) is 1. The van der Waals surface area contributed by atoms with Gasteiger partial charge in [0.2, 0.25) is 5.91 Å². The third-order valence-corrected chi connectivity index (χ3v) is 8.44. The molecule has 0 aliphatic carbocycles. The van der Waals surface area contributed by atoms with Gasteiger partial charge in [-0.3, -0.25) is 9.59 Å². The summed E-state index contributed by atoms with van der Waals surface area (Å²) < 4.78 is 10.8. The standard InChI is InChI=1S/C38H44N4O7/c1-21-15-26(34(39)44)16-22(2)27(21)19-30(42-37(47)49-38(4,5)6)33(43)28(17-24-13-14-32(48-7)29(18-24)36(45)46)23(3)35-40-20-31(41-35)25-11-9-8-10-12-25/h8-16,18,20,23,28,30H,17,19H2,1-7H3,(H2,39,44)(H,40,41)(H,42,47)(H,45,46). The molecule has 1 heterocycles. The Hall–Kier alpha value is -5.45. The van der Waals surface area contributed by atoms with Crippen LogP contribution in [0.15, 0.2) is 66.9 Å². The zero-order valence-corrected chi connectivity index (χ0v) is 28.9. The molecule has 49 heavy (non-hydrogen) atoms. The summed E-state index contributed by atoms with van der Waals surface area (Å²) in [4.78, 5) is 60.1. The number of hydrogen-bond acceptors (Lipinski definition) is 7. The van der Waals surface area contributed by atoms with E-state index in [0.717, 1.165) is 22.3 Å². The van der Waals surface area contributed by atoms with Gasteiger partial charge in [0.1, 0.15) is 22.7 Å². The summed E-state index contributed by atoms with van der Waals surface area (Å²) in [6, 6.07) is 16.7. The fraction of sp³-hybridized carbons (Fsp3) is 0.342. The molecule has 258 valence electrons. The second-order valence-corrected chi connectivity index (χ2v) is 13.2. The molecule has 0 radical (unpaired) electrons. The van der Waals surface area contributed by atoms with Crippen LogP contribution in [0.25, 0.3) is 11.3 Å². The zero-order valence-electron chi connectivity index (χ0n) is 28.9. The maximum atomic E-state index is 14.9. The van der Waals surface area contributed by atoms with Crippen LogP contribution >= 0.6 is 0 Å². The summed E-state index contributed by atoms with van der Waals surface area (Å²) in [6.45, 7) is 10.7. The van der Waals surface area contributed by atoms with Gasteiger partial charge >= 0.3 is 12.1 Å². The number of carboxylic acid groups (broad SMARTS) is 1. The van der Waals surface area contributed by atoms with Gasteiger partial charge in [0.15, 0.2) is 5.78 Å². The summed E-state index contributed by atoms with van der Waals surface area (Å²) in [5.74, 6) is -2.57. The lowest BCUT2D eigenvalue weighted by Gasteiger charge is -2.29. The molecule has 5 N–H and O–H groups in total. The van der Waals surface area contributed by atoms with Gasteiger partial charge in [0.25, 0.3) is 0 Å². The number of aromatic nitrogens is 2. The number of aromatic carboxylic acids is 1. The number of alkyl carbamates (subject to hydrolysis) is 1. The third-order valence-electron chi connectivity index (χ3n) is 8.44. The number of carbonyl (C=O) groups is 4. The summed E-state index contributed by atoms with van der Waals surface area (Å²) in [5.41, 5.74) is 9.47.